The van der Waals surface area contributed by atoms with Crippen molar-refractivity contribution in [2.45, 2.75) is 32.3 Å². The van der Waals surface area contributed by atoms with Crippen LogP contribution in [0.1, 0.15) is 29.8 Å². The van der Waals surface area contributed by atoms with Crippen molar-refractivity contribution in [3.8, 4) is 11.5 Å². The van der Waals surface area contributed by atoms with Crippen LogP contribution in [0.5, 0.6) is 11.5 Å². The molecule has 3 heterocycles. The summed E-state index contributed by atoms with van der Waals surface area (Å²) in [6.45, 7) is 5.26. The Bertz CT molecular complexity index is 1130. The highest BCUT2D eigenvalue weighted by Gasteiger charge is 2.34. The summed E-state index contributed by atoms with van der Waals surface area (Å²) >= 11 is 0. The zero-order valence-electron chi connectivity index (χ0n) is 17.5. The summed E-state index contributed by atoms with van der Waals surface area (Å²) in [5, 5.41) is 0.929. The molecule has 0 aliphatic carbocycles. The highest BCUT2D eigenvalue weighted by molar-refractivity contribution is 5.98. The van der Waals surface area contributed by atoms with Crippen LogP contribution in [-0.4, -0.2) is 47.6 Å². The molecule has 0 N–H and O–H groups in total. The Kier molecular flexibility index (Phi) is 5.00. The van der Waals surface area contributed by atoms with Crippen molar-refractivity contribution in [1.82, 2.24) is 9.88 Å². The van der Waals surface area contributed by atoms with Gasteiger partial charge in [-0.25, -0.2) is 0 Å². The second kappa shape index (κ2) is 7.83. The van der Waals surface area contributed by atoms with E-state index in [-0.39, 0.29) is 18.8 Å². The van der Waals surface area contributed by atoms with E-state index in [0.717, 1.165) is 22.2 Å². The molecule has 0 bridgehead atoms. The first-order chi connectivity index (χ1) is 15.0. The number of hydrogen-bond acceptors (Lipinski definition) is 6. The van der Waals surface area contributed by atoms with Crippen LogP contribution in [0, 0.1) is 0 Å². The predicted octanol–water partition coefficient (Wildman–Crippen LogP) is 3.76. The summed E-state index contributed by atoms with van der Waals surface area (Å²) in [4.78, 5) is 19.7. The highest BCUT2D eigenvalue weighted by atomic mass is 16.7. The molecule has 1 saturated heterocycles. The van der Waals surface area contributed by atoms with Gasteiger partial charge in [-0.2, -0.15) is 0 Å². The molecule has 0 saturated carbocycles. The number of ether oxygens (including phenoxy) is 4. The molecule has 7 heteroatoms. The number of fused-ring (bicyclic) bond motifs is 2. The minimum atomic E-state index is -0.646. The summed E-state index contributed by atoms with van der Waals surface area (Å²) in [6.07, 6.45) is 1.55. The van der Waals surface area contributed by atoms with Crippen LogP contribution >= 0.6 is 0 Å². The maximum absolute atomic E-state index is 13.5. The average Bonchev–Trinajstić information content (AvgIpc) is 3.37. The van der Waals surface area contributed by atoms with Gasteiger partial charge in [-0.15, -0.1) is 0 Å². The molecule has 0 radical (unpaired) electrons. The summed E-state index contributed by atoms with van der Waals surface area (Å²) < 4.78 is 22.6. The lowest BCUT2D eigenvalue weighted by molar-refractivity contribution is -0.139. The van der Waals surface area contributed by atoms with E-state index in [1.165, 1.54) is 0 Å². The Hall–Kier alpha value is -3.16. The van der Waals surface area contributed by atoms with Gasteiger partial charge in [-0.3, -0.25) is 9.78 Å². The number of aromatic nitrogens is 1. The van der Waals surface area contributed by atoms with Crippen molar-refractivity contribution in [2.24, 2.45) is 0 Å². The Morgan fingerprint density at radius 2 is 2.00 bits per heavy atom. The predicted molar refractivity (Wildman–Crippen MR) is 114 cm³/mol. The van der Waals surface area contributed by atoms with Gasteiger partial charge in [-0.05, 0) is 55.8 Å². The third-order valence-electron chi connectivity index (χ3n) is 5.44. The lowest BCUT2D eigenvalue weighted by Gasteiger charge is -2.26. The van der Waals surface area contributed by atoms with E-state index in [0.29, 0.717) is 31.0 Å². The van der Waals surface area contributed by atoms with Gasteiger partial charge in [0.1, 0.15) is 6.10 Å². The number of nitrogens with zero attached hydrogens (tertiary/aromatic N) is 2. The first-order valence-electron chi connectivity index (χ1n) is 10.3. The number of hydrogen-bond donors (Lipinski definition) is 0. The van der Waals surface area contributed by atoms with E-state index in [2.05, 4.69) is 4.98 Å². The van der Waals surface area contributed by atoms with E-state index in [1.54, 1.807) is 11.1 Å². The van der Waals surface area contributed by atoms with Gasteiger partial charge in [0.2, 0.25) is 6.79 Å². The molecule has 31 heavy (non-hydrogen) atoms. The highest BCUT2D eigenvalue weighted by Crippen LogP contribution is 2.33. The summed E-state index contributed by atoms with van der Waals surface area (Å²) in [5.41, 5.74) is 2.42. The van der Waals surface area contributed by atoms with Gasteiger partial charge >= 0.3 is 0 Å². The standard InChI is InChI=1S/C24H24N2O5/c1-24(2)30-14-19(31-24)13-26(12-16-5-8-21-22(10-16)29-15-28-21)23(27)18-6-7-20-17(11-18)4-3-9-25-20/h3-11,19H,12-15H2,1-2H3. The number of pyridine rings is 1. The fourth-order valence-corrected chi connectivity index (χ4v) is 3.97. The van der Waals surface area contributed by atoms with Crippen LogP contribution in [0.15, 0.2) is 54.7 Å². The van der Waals surface area contributed by atoms with Crippen molar-refractivity contribution in [1.29, 1.82) is 0 Å². The van der Waals surface area contributed by atoms with Crippen molar-refractivity contribution in [2.75, 3.05) is 19.9 Å². The zero-order valence-corrected chi connectivity index (χ0v) is 17.5. The lowest BCUT2D eigenvalue weighted by atomic mass is 10.1. The fraction of sp³-hybridized carbons (Fsp3) is 0.333. The molecule has 3 aromatic rings. The van der Waals surface area contributed by atoms with Crippen molar-refractivity contribution in [3.63, 3.8) is 0 Å². The Morgan fingerprint density at radius 3 is 2.84 bits per heavy atom. The van der Waals surface area contributed by atoms with Crippen LogP contribution < -0.4 is 9.47 Å². The van der Waals surface area contributed by atoms with Gasteiger partial charge in [0.05, 0.1) is 12.1 Å². The topological polar surface area (TPSA) is 70.1 Å². The quantitative estimate of drug-likeness (QED) is 0.626. The molecule has 1 fully saturated rings. The Morgan fingerprint density at radius 1 is 1.13 bits per heavy atom. The minimum absolute atomic E-state index is 0.0725. The van der Waals surface area contributed by atoms with E-state index in [4.69, 9.17) is 18.9 Å². The number of amides is 1. The second-order valence-corrected chi connectivity index (χ2v) is 8.23. The zero-order chi connectivity index (χ0) is 21.4. The third-order valence-corrected chi connectivity index (χ3v) is 5.44. The van der Waals surface area contributed by atoms with E-state index >= 15 is 0 Å². The van der Waals surface area contributed by atoms with Crippen LogP contribution in [0.25, 0.3) is 10.9 Å². The molecule has 2 aliphatic heterocycles. The summed E-state index contributed by atoms with van der Waals surface area (Å²) in [6, 6.07) is 15.1. The molecule has 1 aromatic heterocycles. The number of carbonyl (C=O) groups is 1. The van der Waals surface area contributed by atoms with Crippen molar-refractivity contribution < 1.29 is 23.7 Å². The van der Waals surface area contributed by atoms with Crippen LogP contribution in [0.3, 0.4) is 0 Å². The summed E-state index contributed by atoms with van der Waals surface area (Å²) in [7, 11) is 0. The van der Waals surface area contributed by atoms with Crippen molar-refractivity contribution in [3.05, 3.63) is 65.9 Å². The van der Waals surface area contributed by atoms with Gasteiger partial charge in [0.15, 0.2) is 17.3 Å². The smallest absolute Gasteiger partial charge is 0.254 e. The van der Waals surface area contributed by atoms with Gasteiger partial charge in [-0.1, -0.05) is 12.1 Å². The maximum Gasteiger partial charge on any atom is 0.254 e. The largest absolute Gasteiger partial charge is 0.454 e. The molecule has 2 aliphatic rings. The second-order valence-electron chi connectivity index (χ2n) is 8.23. The van der Waals surface area contributed by atoms with Crippen LogP contribution in [-0.2, 0) is 16.0 Å². The van der Waals surface area contributed by atoms with Crippen LogP contribution in [0.2, 0.25) is 0 Å². The molecule has 160 valence electrons. The minimum Gasteiger partial charge on any atom is -0.454 e. The first kappa shape index (κ1) is 19.8. The molecule has 2 aromatic carbocycles. The number of benzene rings is 2. The third kappa shape index (κ3) is 4.19. The molecular weight excluding hydrogens is 396 g/mol. The Labute approximate surface area is 180 Å². The monoisotopic (exact) mass is 420 g/mol. The molecule has 1 unspecified atom stereocenters. The van der Waals surface area contributed by atoms with Gasteiger partial charge in [0, 0.05) is 30.2 Å². The normalized spacial score (nSPS) is 19.0. The molecular formula is C24H24N2O5. The maximum atomic E-state index is 13.5. The number of rotatable bonds is 5. The lowest BCUT2D eigenvalue weighted by Crippen LogP contribution is -2.38. The molecule has 1 atom stereocenters. The van der Waals surface area contributed by atoms with E-state index in [1.807, 2.05) is 62.4 Å². The fourth-order valence-electron chi connectivity index (χ4n) is 3.97. The SMILES string of the molecule is CC1(C)OCC(CN(Cc2ccc3c(c2)OCO3)C(=O)c2ccc3ncccc3c2)O1. The molecule has 5 rings (SSSR count). The van der Waals surface area contributed by atoms with Crippen molar-refractivity contribution >= 4 is 16.8 Å². The number of carbonyl (C=O) groups excluding carboxylic acids is 1. The van der Waals surface area contributed by atoms with E-state index < -0.39 is 5.79 Å². The molecule has 0 spiro atoms. The van der Waals surface area contributed by atoms with Gasteiger partial charge in [0.25, 0.3) is 5.91 Å². The van der Waals surface area contributed by atoms with Crippen LogP contribution in [0.4, 0.5) is 0 Å². The van der Waals surface area contributed by atoms with Gasteiger partial charge < -0.3 is 23.8 Å². The van der Waals surface area contributed by atoms with E-state index in [9.17, 15) is 4.79 Å². The summed E-state index contributed by atoms with van der Waals surface area (Å²) in [5.74, 6) is 0.699. The molecule has 1 amide bonds. The average molecular weight is 420 g/mol. The first-order valence-corrected chi connectivity index (χ1v) is 10.3. The molecule has 7 nitrogen and oxygen atoms in total. The Balaban J connectivity index is 1.42.